The predicted octanol–water partition coefficient (Wildman–Crippen LogP) is 4.08. The molecule has 1 spiro atoms. The van der Waals surface area contributed by atoms with E-state index in [0.29, 0.717) is 11.8 Å². The minimum atomic E-state index is -0.592. The van der Waals surface area contributed by atoms with Crippen molar-refractivity contribution in [1.82, 2.24) is 0 Å². The Balaban J connectivity index is 1.46. The Kier molecular flexibility index (Phi) is 3.74. The second-order valence-corrected chi connectivity index (χ2v) is 8.91. The maximum Gasteiger partial charge on any atom is 0.311 e. The summed E-state index contributed by atoms with van der Waals surface area (Å²) in [7, 11) is 0. The molecule has 1 saturated carbocycles. The van der Waals surface area contributed by atoms with Crippen molar-refractivity contribution in [2.45, 2.75) is 70.1 Å². The van der Waals surface area contributed by atoms with E-state index in [1.807, 2.05) is 13.0 Å². The number of hydrogen-bond acceptors (Lipinski definition) is 4. The van der Waals surface area contributed by atoms with E-state index in [9.17, 15) is 4.79 Å². The Bertz CT molecular complexity index is 703. The topological polar surface area (TPSA) is 44.8 Å². The monoisotopic (exact) mass is 356 g/mol. The molecule has 26 heavy (non-hydrogen) atoms. The molecule has 0 amide bonds. The number of benzene rings is 1. The van der Waals surface area contributed by atoms with Gasteiger partial charge in [-0.25, -0.2) is 0 Å². The van der Waals surface area contributed by atoms with Crippen LogP contribution >= 0.6 is 0 Å². The van der Waals surface area contributed by atoms with Gasteiger partial charge in [-0.3, -0.25) is 4.79 Å². The van der Waals surface area contributed by atoms with Gasteiger partial charge in [0, 0.05) is 12.3 Å². The number of hydrogen-bond donors (Lipinski definition) is 0. The van der Waals surface area contributed by atoms with Gasteiger partial charge < -0.3 is 14.2 Å². The smallest absolute Gasteiger partial charge is 0.311 e. The lowest BCUT2D eigenvalue weighted by atomic mass is 9.56. The number of fused-ring (bicyclic) bond motifs is 1. The first-order valence-corrected chi connectivity index (χ1v) is 10.1. The zero-order valence-corrected chi connectivity index (χ0v) is 15.6. The average Bonchev–Trinajstić information content (AvgIpc) is 2.84. The number of esters is 1. The van der Waals surface area contributed by atoms with Crippen LogP contribution in [0.2, 0.25) is 0 Å². The van der Waals surface area contributed by atoms with Crippen molar-refractivity contribution in [3.05, 3.63) is 35.9 Å². The van der Waals surface area contributed by atoms with Crippen LogP contribution in [0.25, 0.3) is 0 Å². The van der Waals surface area contributed by atoms with Gasteiger partial charge in [0.15, 0.2) is 5.79 Å². The molecule has 3 saturated heterocycles. The van der Waals surface area contributed by atoms with E-state index in [2.05, 4.69) is 31.2 Å². The molecule has 140 valence electrons. The summed E-state index contributed by atoms with van der Waals surface area (Å²) in [5.41, 5.74) is 0.845. The second kappa shape index (κ2) is 5.80. The normalized spacial score (nSPS) is 46.5. The largest absolute Gasteiger partial charge is 0.432 e. The molecule has 3 aliphatic heterocycles. The molecule has 2 bridgehead atoms. The lowest BCUT2D eigenvalue weighted by molar-refractivity contribution is -0.265. The highest BCUT2D eigenvalue weighted by Gasteiger charge is 2.72. The lowest BCUT2D eigenvalue weighted by Crippen LogP contribution is -2.65. The van der Waals surface area contributed by atoms with E-state index < -0.39 is 17.7 Å². The SMILES string of the molecule is CC1CCC2C(CCc3ccccc3)C(=O)OC3OC4(C)CCC1C32O4. The third-order valence-corrected chi connectivity index (χ3v) is 7.40. The van der Waals surface area contributed by atoms with Gasteiger partial charge in [0.05, 0.1) is 5.92 Å². The molecular weight excluding hydrogens is 328 g/mol. The molecule has 4 heteroatoms. The highest BCUT2D eigenvalue weighted by atomic mass is 16.8. The van der Waals surface area contributed by atoms with E-state index in [1.165, 1.54) is 12.0 Å². The number of ether oxygens (including phenoxy) is 3. The summed E-state index contributed by atoms with van der Waals surface area (Å²) in [6, 6.07) is 10.4. The highest BCUT2D eigenvalue weighted by molar-refractivity contribution is 5.74. The zero-order chi connectivity index (χ0) is 17.9. The second-order valence-electron chi connectivity index (χ2n) is 8.91. The minimum Gasteiger partial charge on any atom is -0.432 e. The Morgan fingerprint density at radius 3 is 2.73 bits per heavy atom. The third-order valence-electron chi connectivity index (χ3n) is 7.40. The van der Waals surface area contributed by atoms with Gasteiger partial charge in [-0.1, -0.05) is 37.3 Å². The van der Waals surface area contributed by atoms with Crippen molar-refractivity contribution in [3.63, 3.8) is 0 Å². The Labute approximate surface area is 155 Å². The quantitative estimate of drug-likeness (QED) is 0.766. The first-order valence-electron chi connectivity index (χ1n) is 10.1. The molecule has 0 radical (unpaired) electrons. The highest BCUT2D eigenvalue weighted by Crippen LogP contribution is 2.63. The maximum absolute atomic E-state index is 12.9. The summed E-state index contributed by atoms with van der Waals surface area (Å²) >= 11 is 0. The first kappa shape index (κ1) is 16.8. The molecule has 4 aliphatic rings. The standard InChI is InChI=1S/C22H28O4/c1-14-8-11-18-16(10-9-15-6-4-3-5-7-15)19(23)24-20-22(18)17(14)12-13-21(2,25-20)26-22/h3-7,14,16-18,20H,8-13H2,1-2H3. The van der Waals surface area contributed by atoms with Gasteiger partial charge in [0.1, 0.15) is 5.60 Å². The molecule has 1 aliphatic carbocycles. The van der Waals surface area contributed by atoms with Gasteiger partial charge >= 0.3 is 5.97 Å². The molecule has 7 unspecified atom stereocenters. The van der Waals surface area contributed by atoms with Gasteiger partial charge in [0.2, 0.25) is 6.29 Å². The molecule has 0 aromatic heterocycles. The van der Waals surface area contributed by atoms with Crippen LogP contribution < -0.4 is 0 Å². The Morgan fingerprint density at radius 2 is 1.92 bits per heavy atom. The molecular formula is C22H28O4. The van der Waals surface area contributed by atoms with E-state index in [4.69, 9.17) is 14.2 Å². The van der Waals surface area contributed by atoms with Crippen molar-refractivity contribution in [1.29, 1.82) is 0 Å². The Morgan fingerprint density at radius 1 is 1.12 bits per heavy atom. The molecule has 7 atom stereocenters. The van der Waals surface area contributed by atoms with Crippen molar-refractivity contribution in [2.24, 2.45) is 23.7 Å². The van der Waals surface area contributed by atoms with Gasteiger partial charge in [-0.05, 0) is 56.4 Å². The van der Waals surface area contributed by atoms with E-state index in [1.54, 1.807) is 0 Å². The zero-order valence-electron chi connectivity index (χ0n) is 15.6. The molecule has 1 aromatic rings. The predicted molar refractivity (Wildman–Crippen MR) is 96.1 cm³/mol. The molecule has 3 heterocycles. The van der Waals surface area contributed by atoms with E-state index in [-0.39, 0.29) is 17.8 Å². The van der Waals surface area contributed by atoms with Crippen molar-refractivity contribution >= 4 is 5.97 Å². The van der Waals surface area contributed by atoms with Crippen LogP contribution in [-0.4, -0.2) is 23.6 Å². The van der Waals surface area contributed by atoms with Crippen LogP contribution in [0.1, 0.15) is 51.5 Å². The average molecular weight is 356 g/mol. The molecule has 0 N–H and O–H groups in total. The van der Waals surface area contributed by atoms with Crippen LogP contribution in [0, 0.1) is 23.7 Å². The summed E-state index contributed by atoms with van der Waals surface area (Å²) in [6.07, 6.45) is 5.39. The summed E-state index contributed by atoms with van der Waals surface area (Å²) < 4.78 is 18.7. The molecule has 4 fully saturated rings. The van der Waals surface area contributed by atoms with Gasteiger partial charge in [0.25, 0.3) is 0 Å². The van der Waals surface area contributed by atoms with E-state index in [0.717, 1.165) is 32.1 Å². The minimum absolute atomic E-state index is 0.0883. The van der Waals surface area contributed by atoms with Crippen LogP contribution in [0.15, 0.2) is 30.3 Å². The summed E-state index contributed by atoms with van der Waals surface area (Å²) in [6.45, 7) is 4.34. The fourth-order valence-electron chi connectivity index (χ4n) is 6.17. The first-order chi connectivity index (χ1) is 12.5. The summed E-state index contributed by atoms with van der Waals surface area (Å²) in [5.74, 6) is 0.451. The van der Waals surface area contributed by atoms with E-state index >= 15 is 0 Å². The number of carbonyl (C=O) groups is 1. The fourth-order valence-corrected chi connectivity index (χ4v) is 6.17. The number of carbonyl (C=O) groups excluding carboxylic acids is 1. The molecule has 1 aromatic carbocycles. The van der Waals surface area contributed by atoms with Crippen LogP contribution in [0.3, 0.4) is 0 Å². The van der Waals surface area contributed by atoms with Gasteiger partial charge in [-0.2, -0.15) is 0 Å². The van der Waals surface area contributed by atoms with Crippen molar-refractivity contribution in [3.8, 4) is 0 Å². The van der Waals surface area contributed by atoms with Gasteiger partial charge in [-0.15, -0.1) is 0 Å². The lowest BCUT2D eigenvalue weighted by Gasteiger charge is -2.56. The third kappa shape index (κ3) is 2.31. The Hall–Kier alpha value is -1.39. The number of rotatable bonds is 3. The van der Waals surface area contributed by atoms with Crippen molar-refractivity contribution < 1.29 is 19.0 Å². The fraction of sp³-hybridized carbons (Fsp3) is 0.682. The van der Waals surface area contributed by atoms with Crippen molar-refractivity contribution in [2.75, 3.05) is 0 Å². The molecule has 5 rings (SSSR count). The number of aryl methyl sites for hydroxylation is 1. The summed E-state index contributed by atoms with van der Waals surface area (Å²) in [4.78, 5) is 12.9. The molecule has 4 nitrogen and oxygen atoms in total. The van der Waals surface area contributed by atoms with Crippen LogP contribution in [0.4, 0.5) is 0 Å². The van der Waals surface area contributed by atoms with Crippen LogP contribution in [0.5, 0.6) is 0 Å². The van der Waals surface area contributed by atoms with Crippen LogP contribution in [-0.2, 0) is 25.4 Å². The maximum atomic E-state index is 12.9. The summed E-state index contributed by atoms with van der Waals surface area (Å²) in [5, 5.41) is 0.